The monoisotopic (exact) mass is 261 g/mol. The van der Waals surface area contributed by atoms with Crippen LogP contribution in [0, 0.1) is 3.57 Å². The molecule has 2 heteroatoms. The van der Waals surface area contributed by atoms with E-state index in [9.17, 15) is 0 Å². The molecular weight excluding hydrogens is 251 g/mol. The maximum atomic E-state index is 5.72. The van der Waals surface area contributed by atoms with E-state index in [1.165, 1.54) is 9.13 Å². The fraction of sp³-hybridized carbons (Fsp3) is 0.333. The van der Waals surface area contributed by atoms with Crippen molar-refractivity contribution in [3.8, 4) is 0 Å². The Morgan fingerprint density at radius 3 is 2.73 bits per heavy atom. The van der Waals surface area contributed by atoms with E-state index in [0.29, 0.717) is 0 Å². The average Bonchev–Trinajstić information content (AvgIpc) is 2.29. The summed E-state index contributed by atoms with van der Waals surface area (Å²) < 4.78 is 7.16. The van der Waals surface area contributed by atoms with Crippen molar-refractivity contribution in [3.05, 3.63) is 33.4 Å². The molecule has 1 aliphatic rings. The average molecular weight is 261 g/mol. The molecule has 0 aromatic heterocycles. The number of fused-ring (bicyclic) bond motifs is 1. The van der Waals surface area contributed by atoms with E-state index in [-0.39, 0.29) is 27.2 Å². The predicted molar refractivity (Wildman–Crippen MR) is 39.3 cm³/mol. The zero-order chi connectivity index (χ0) is 7.90. The van der Waals surface area contributed by atoms with E-state index < -0.39 is 0 Å². The van der Waals surface area contributed by atoms with Gasteiger partial charge in [-0.1, -0.05) is 0 Å². The molecular formula is C9H10IO-. The zero-order valence-electron chi connectivity index (χ0n) is 6.60. The SMILES string of the molecule is CC1(C)O[I-]c2ccccc21. The van der Waals surface area contributed by atoms with Gasteiger partial charge < -0.3 is 0 Å². The second-order valence-electron chi connectivity index (χ2n) is 3.14. The Morgan fingerprint density at radius 1 is 1.27 bits per heavy atom. The third-order valence-corrected chi connectivity index (χ3v) is 4.57. The molecule has 60 valence electrons. The molecule has 0 radical (unpaired) electrons. The van der Waals surface area contributed by atoms with Gasteiger partial charge in [-0.15, -0.1) is 0 Å². The van der Waals surface area contributed by atoms with Crippen LogP contribution in [0.25, 0.3) is 0 Å². The Balaban J connectivity index is 2.56. The molecule has 1 aromatic carbocycles. The summed E-state index contributed by atoms with van der Waals surface area (Å²) in [5, 5.41) is 0. The fourth-order valence-electron chi connectivity index (χ4n) is 1.20. The number of hydrogen-bond donors (Lipinski definition) is 0. The summed E-state index contributed by atoms with van der Waals surface area (Å²) in [5.74, 6) is 0. The Hall–Kier alpha value is -0.0900. The van der Waals surface area contributed by atoms with Crippen molar-refractivity contribution in [3.63, 3.8) is 0 Å². The van der Waals surface area contributed by atoms with Gasteiger partial charge in [-0.3, -0.25) is 0 Å². The summed E-state index contributed by atoms with van der Waals surface area (Å²) >= 11 is -0.167. The molecule has 11 heavy (non-hydrogen) atoms. The van der Waals surface area contributed by atoms with Gasteiger partial charge in [0.15, 0.2) is 0 Å². The second-order valence-corrected chi connectivity index (χ2v) is 5.19. The van der Waals surface area contributed by atoms with E-state index in [2.05, 4.69) is 38.1 Å². The van der Waals surface area contributed by atoms with E-state index in [1.807, 2.05) is 0 Å². The number of hydrogen-bond acceptors (Lipinski definition) is 1. The first-order valence-electron chi connectivity index (χ1n) is 3.62. The third-order valence-electron chi connectivity index (χ3n) is 1.84. The molecule has 0 spiro atoms. The van der Waals surface area contributed by atoms with Gasteiger partial charge in [0, 0.05) is 0 Å². The zero-order valence-corrected chi connectivity index (χ0v) is 8.75. The van der Waals surface area contributed by atoms with Crippen molar-refractivity contribution in [1.29, 1.82) is 0 Å². The number of rotatable bonds is 0. The van der Waals surface area contributed by atoms with Crippen LogP contribution in [0.15, 0.2) is 24.3 Å². The fourth-order valence-corrected chi connectivity index (χ4v) is 3.64. The van der Waals surface area contributed by atoms with Crippen LogP contribution in [-0.4, -0.2) is 0 Å². The van der Waals surface area contributed by atoms with E-state index in [0.717, 1.165) is 0 Å². The van der Waals surface area contributed by atoms with Crippen LogP contribution in [0.3, 0.4) is 0 Å². The molecule has 0 amide bonds. The molecule has 1 nitrogen and oxygen atoms in total. The van der Waals surface area contributed by atoms with Crippen molar-refractivity contribution in [2.45, 2.75) is 19.4 Å². The van der Waals surface area contributed by atoms with Crippen LogP contribution in [0.5, 0.6) is 0 Å². The second kappa shape index (κ2) is 2.45. The first kappa shape index (κ1) is 7.55. The number of halogens is 1. The van der Waals surface area contributed by atoms with Gasteiger partial charge in [-0.05, 0) is 0 Å². The summed E-state index contributed by atoms with van der Waals surface area (Å²) in [6, 6.07) is 8.52. The molecule has 0 unspecified atom stereocenters. The van der Waals surface area contributed by atoms with Gasteiger partial charge in [0.25, 0.3) is 0 Å². The minimum atomic E-state index is -0.167. The van der Waals surface area contributed by atoms with Gasteiger partial charge in [0.05, 0.1) is 0 Å². The molecule has 1 heterocycles. The van der Waals surface area contributed by atoms with Crippen LogP contribution in [0.1, 0.15) is 19.4 Å². The standard InChI is InChI=1S/C9H10IO/c1-9(2)7-5-3-4-6-8(7)10-11-9/h3-6H,1-2H3/q-1. The minimum absolute atomic E-state index is 0.0239. The van der Waals surface area contributed by atoms with Crippen LogP contribution in [-0.2, 0) is 8.67 Å². The Labute approximate surface area is 77.6 Å². The van der Waals surface area contributed by atoms with Crippen molar-refractivity contribution >= 4 is 0 Å². The molecule has 0 bridgehead atoms. The summed E-state index contributed by atoms with van der Waals surface area (Å²) in [5.41, 5.74) is 1.36. The summed E-state index contributed by atoms with van der Waals surface area (Å²) in [4.78, 5) is 0. The Morgan fingerprint density at radius 2 is 2.00 bits per heavy atom. The van der Waals surface area contributed by atoms with E-state index in [4.69, 9.17) is 3.07 Å². The van der Waals surface area contributed by atoms with Crippen LogP contribution in [0.2, 0.25) is 0 Å². The first-order valence-corrected chi connectivity index (χ1v) is 5.58. The molecule has 2 rings (SSSR count). The van der Waals surface area contributed by atoms with Crippen molar-refractivity contribution < 1.29 is 24.7 Å². The predicted octanol–water partition coefficient (Wildman–Crippen LogP) is -0.874. The van der Waals surface area contributed by atoms with E-state index in [1.54, 1.807) is 0 Å². The van der Waals surface area contributed by atoms with Gasteiger partial charge in [0.2, 0.25) is 0 Å². The molecule has 0 saturated heterocycles. The van der Waals surface area contributed by atoms with Crippen LogP contribution >= 0.6 is 0 Å². The summed E-state index contributed by atoms with van der Waals surface area (Å²) in [6.07, 6.45) is 0. The van der Waals surface area contributed by atoms with Gasteiger partial charge >= 0.3 is 77.5 Å². The molecule has 0 atom stereocenters. The Bertz CT molecular complexity index is 281. The van der Waals surface area contributed by atoms with Gasteiger partial charge in [-0.25, -0.2) is 0 Å². The molecule has 1 aliphatic heterocycles. The molecule has 0 N–H and O–H groups in total. The summed E-state index contributed by atoms with van der Waals surface area (Å²) in [7, 11) is 0. The van der Waals surface area contributed by atoms with Crippen molar-refractivity contribution in [2.75, 3.05) is 0 Å². The van der Waals surface area contributed by atoms with Crippen LogP contribution < -0.4 is 21.6 Å². The molecule has 0 aliphatic carbocycles. The molecule has 1 aromatic rings. The van der Waals surface area contributed by atoms with Crippen molar-refractivity contribution in [2.24, 2.45) is 0 Å². The van der Waals surface area contributed by atoms with Crippen molar-refractivity contribution in [1.82, 2.24) is 0 Å². The topological polar surface area (TPSA) is 9.23 Å². The summed E-state index contributed by atoms with van der Waals surface area (Å²) in [6.45, 7) is 4.27. The molecule has 0 fully saturated rings. The van der Waals surface area contributed by atoms with E-state index >= 15 is 0 Å². The quantitative estimate of drug-likeness (QED) is 0.551. The number of benzene rings is 1. The van der Waals surface area contributed by atoms with Gasteiger partial charge in [-0.2, -0.15) is 0 Å². The normalized spacial score (nSPS) is 20.5. The van der Waals surface area contributed by atoms with Crippen LogP contribution in [0.4, 0.5) is 0 Å². The molecule has 0 saturated carbocycles. The first-order chi connectivity index (χ1) is 5.20. The Kier molecular flexibility index (Phi) is 1.68. The van der Waals surface area contributed by atoms with Gasteiger partial charge in [0.1, 0.15) is 0 Å². The maximum absolute atomic E-state index is 5.72. The third kappa shape index (κ3) is 1.18.